The third-order valence-corrected chi connectivity index (χ3v) is 6.73. The maximum Gasteiger partial charge on any atom is 0.233 e. The number of hydroxylamine groups is 2. The molecule has 1 aliphatic carbocycles. The first-order valence-corrected chi connectivity index (χ1v) is 11.5. The Kier molecular flexibility index (Phi) is 8.61. The maximum atomic E-state index is 15.2. The summed E-state index contributed by atoms with van der Waals surface area (Å²) >= 11 is 6.07. The van der Waals surface area contributed by atoms with Crippen LogP contribution in [0.2, 0.25) is 5.28 Å². The fourth-order valence-corrected chi connectivity index (χ4v) is 4.70. The Morgan fingerprint density at radius 3 is 2.75 bits per heavy atom. The van der Waals surface area contributed by atoms with Crippen LogP contribution in [0.5, 0.6) is 0 Å². The molecule has 1 saturated carbocycles. The summed E-state index contributed by atoms with van der Waals surface area (Å²) in [7, 11) is 2.02. The molecule has 0 bridgehead atoms. The number of hydrogen-bond donors (Lipinski definition) is 2. The van der Waals surface area contributed by atoms with Crippen LogP contribution in [-0.4, -0.2) is 76.7 Å². The van der Waals surface area contributed by atoms with E-state index in [0.29, 0.717) is 30.5 Å². The van der Waals surface area contributed by atoms with Crippen LogP contribution < -0.4 is 10.2 Å². The Balaban J connectivity index is 1.69. The third-order valence-electron chi connectivity index (χ3n) is 6.56. The molecule has 0 radical (unpaired) electrons. The minimum absolute atomic E-state index is 0.00999. The van der Waals surface area contributed by atoms with Gasteiger partial charge in [-0.2, -0.15) is 4.98 Å². The van der Waals surface area contributed by atoms with Gasteiger partial charge in [0.15, 0.2) is 11.6 Å². The van der Waals surface area contributed by atoms with Crippen LogP contribution in [0.1, 0.15) is 44.7 Å². The predicted molar refractivity (Wildman–Crippen MR) is 118 cm³/mol. The van der Waals surface area contributed by atoms with Crippen molar-refractivity contribution >= 4 is 29.7 Å². The fraction of sp³-hybridized carbons (Fsp3) is 0.714. The van der Waals surface area contributed by atoms with Crippen LogP contribution in [0, 0.1) is 17.7 Å². The van der Waals surface area contributed by atoms with E-state index in [1.54, 1.807) is 0 Å². The van der Waals surface area contributed by atoms with E-state index in [1.165, 1.54) is 0 Å². The molecule has 11 heteroatoms. The SMILES string of the molecule is C[C@H]1CN(c2nc(Cl)nc(CNC(=O)[C@H](CC3CCCC3)CN(O)C=O)c2F)CCN1C. The summed E-state index contributed by atoms with van der Waals surface area (Å²) in [5.41, 5.74) is 0.00999. The lowest BCUT2D eigenvalue weighted by Gasteiger charge is -2.38. The lowest BCUT2D eigenvalue weighted by atomic mass is 9.92. The van der Waals surface area contributed by atoms with Crippen LogP contribution in [0.25, 0.3) is 0 Å². The number of aromatic nitrogens is 2. The first kappa shape index (κ1) is 24.6. The Morgan fingerprint density at radius 1 is 1.38 bits per heavy atom. The molecule has 0 aromatic carbocycles. The van der Waals surface area contributed by atoms with Gasteiger partial charge in [0, 0.05) is 25.7 Å². The second kappa shape index (κ2) is 11.2. The number of carbonyl (C=O) groups is 2. The first-order valence-electron chi connectivity index (χ1n) is 11.1. The van der Waals surface area contributed by atoms with E-state index in [2.05, 4.69) is 27.1 Å². The summed E-state index contributed by atoms with van der Waals surface area (Å²) in [4.78, 5) is 35.8. The number of piperazine rings is 1. The lowest BCUT2D eigenvalue weighted by Crippen LogP contribution is -2.50. The van der Waals surface area contributed by atoms with E-state index in [1.807, 2.05) is 11.9 Å². The standard InChI is InChI=1S/C21H32ClFN6O3/c1-14-11-28(8-7-27(14)2)19-18(23)17(25-21(22)26-19)10-24-20(31)16(12-29(32)13-30)9-15-5-3-4-6-15/h13-16,32H,3-12H2,1-2H3,(H,24,31)/t14-,16+/m0/s1. The summed E-state index contributed by atoms with van der Waals surface area (Å²) in [5.74, 6) is -1.04. The molecule has 2 atom stereocenters. The van der Waals surface area contributed by atoms with Crippen molar-refractivity contribution in [2.24, 2.45) is 11.8 Å². The molecule has 1 aromatic rings. The highest BCUT2D eigenvalue weighted by atomic mass is 35.5. The molecule has 9 nitrogen and oxygen atoms in total. The zero-order valence-corrected chi connectivity index (χ0v) is 19.4. The first-order chi connectivity index (χ1) is 15.3. The van der Waals surface area contributed by atoms with Gasteiger partial charge in [-0.3, -0.25) is 14.8 Å². The van der Waals surface area contributed by atoms with Gasteiger partial charge in [-0.25, -0.2) is 14.4 Å². The molecule has 1 saturated heterocycles. The number of likely N-dealkylation sites (N-methyl/N-ethyl adjacent to an activating group) is 1. The van der Waals surface area contributed by atoms with E-state index < -0.39 is 11.7 Å². The van der Waals surface area contributed by atoms with E-state index in [-0.39, 0.29) is 48.2 Å². The summed E-state index contributed by atoms with van der Waals surface area (Å²) in [5, 5.41) is 12.7. The van der Waals surface area contributed by atoms with Crippen molar-refractivity contribution in [3.8, 4) is 0 Å². The topological polar surface area (TPSA) is 102 Å². The number of carbonyl (C=O) groups excluding carboxylic acids is 2. The molecule has 1 aromatic heterocycles. The van der Waals surface area contributed by atoms with Gasteiger partial charge in [0.2, 0.25) is 17.6 Å². The number of nitrogens with one attached hydrogen (secondary N) is 1. The minimum atomic E-state index is -0.601. The molecule has 0 spiro atoms. The fourth-order valence-electron chi connectivity index (χ4n) is 4.52. The molecule has 2 heterocycles. The Morgan fingerprint density at radius 2 is 2.09 bits per heavy atom. The quantitative estimate of drug-likeness (QED) is 0.246. The van der Waals surface area contributed by atoms with Gasteiger partial charge in [-0.1, -0.05) is 25.7 Å². The van der Waals surface area contributed by atoms with Crippen LogP contribution in [0.15, 0.2) is 0 Å². The highest BCUT2D eigenvalue weighted by Crippen LogP contribution is 2.31. The summed E-state index contributed by atoms with van der Waals surface area (Å²) in [6.07, 6.45) is 5.14. The largest absolute Gasteiger partial charge is 0.351 e. The molecule has 3 rings (SSSR count). The highest BCUT2D eigenvalue weighted by Gasteiger charge is 2.29. The molecular formula is C21H32ClFN6O3. The molecule has 1 aliphatic heterocycles. The molecule has 2 fully saturated rings. The molecule has 178 valence electrons. The Labute approximate surface area is 192 Å². The number of hydrogen-bond acceptors (Lipinski definition) is 7. The van der Waals surface area contributed by atoms with Gasteiger partial charge in [-0.05, 0) is 37.9 Å². The van der Waals surface area contributed by atoms with Crippen molar-refractivity contribution in [3.05, 3.63) is 16.8 Å². The van der Waals surface area contributed by atoms with Crippen molar-refractivity contribution in [3.63, 3.8) is 0 Å². The van der Waals surface area contributed by atoms with Crippen LogP contribution in [0.4, 0.5) is 10.2 Å². The highest BCUT2D eigenvalue weighted by molar-refractivity contribution is 6.28. The van der Waals surface area contributed by atoms with Crippen molar-refractivity contribution in [1.29, 1.82) is 0 Å². The summed E-state index contributed by atoms with van der Waals surface area (Å²) in [6.45, 7) is 3.78. The molecule has 32 heavy (non-hydrogen) atoms. The Hall–Kier alpha value is -2.04. The molecule has 2 amide bonds. The smallest absolute Gasteiger partial charge is 0.233 e. The van der Waals surface area contributed by atoms with Gasteiger partial charge in [-0.15, -0.1) is 0 Å². The summed E-state index contributed by atoms with van der Waals surface area (Å²) in [6, 6.07) is 0.232. The normalized spacial score (nSPS) is 20.9. The van der Waals surface area contributed by atoms with E-state index in [9.17, 15) is 14.8 Å². The second-order valence-electron chi connectivity index (χ2n) is 8.88. The van der Waals surface area contributed by atoms with E-state index in [4.69, 9.17) is 11.6 Å². The summed E-state index contributed by atoms with van der Waals surface area (Å²) < 4.78 is 15.2. The monoisotopic (exact) mass is 470 g/mol. The van der Waals surface area contributed by atoms with E-state index in [0.717, 1.165) is 32.2 Å². The van der Waals surface area contributed by atoms with Gasteiger partial charge in [0.25, 0.3) is 0 Å². The minimum Gasteiger partial charge on any atom is -0.351 e. The average Bonchev–Trinajstić information content (AvgIpc) is 3.28. The van der Waals surface area contributed by atoms with Gasteiger partial charge in [0.1, 0.15) is 5.69 Å². The van der Waals surface area contributed by atoms with Crippen LogP contribution >= 0.6 is 11.6 Å². The molecule has 0 unspecified atom stereocenters. The number of halogens is 2. The Bertz CT molecular complexity index is 810. The van der Waals surface area contributed by atoms with Gasteiger partial charge >= 0.3 is 0 Å². The van der Waals surface area contributed by atoms with Crippen molar-refractivity contribution in [2.45, 2.75) is 51.6 Å². The van der Waals surface area contributed by atoms with Crippen molar-refractivity contribution in [2.75, 3.05) is 38.1 Å². The number of amides is 2. The zero-order valence-electron chi connectivity index (χ0n) is 18.6. The zero-order chi connectivity index (χ0) is 23.3. The number of anilines is 1. The van der Waals surface area contributed by atoms with Crippen molar-refractivity contribution in [1.82, 2.24) is 25.2 Å². The number of rotatable bonds is 9. The number of nitrogens with zero attached hydrogens (tertiary/aromatic N) is 5. The van der Waals surface area contributed by atoms with Gasteiger partial charge < -0.3 is 15.1 Å². The van der Waals surface area contributed by atoms with Crippen molar-refractivity contribution < 1.29 is 19.2 Å². The predicted octanol–water partition coefficient (Wildman–Crippen LogP) is 2.07. The maximum absolute atomic E-state index is 15.2. The van der Waals surface area contributed by atoms with Gasteiger partial charge in [0.05, 0.1) is 19.0 Å². The molecule has 2 N–H and O–H groups in total. The average molecular weight is 471 g/mol. The lowest BCUT2D eigenvalue weighted by molar-refractivity contribution is -0.155. The van der Waals surface area contributed by atoms with Crippen LogP contribution in [-0.2, 0) is 16.1 Å². The van der Waals surface area contributed by atoms with Crippen LogP contribution in [0.3, 0.4) is 0 Å². The molecular weight excluding hydrogens is 439 g/mol. The van der Waals surface area contributed by atoms with E-state index >= 15 is 4.39 Å². The molecule has 2 aliphatic rings. The second-order valence-corrected chi connectivity index (χ2v) is 9.22. The third kappa shape index (κ3) is 6.26.